The molecule has 10 heteroatoms. The van der Waals surface area contributed by atoms with E-state index in [-0.39, 0.29) is 6.61 Å². The van der Waals surface area contributed by atoms with Crippen LogP contribution in [0.3, 0.4) is 0 Å². The maximum absolute atomic E-state index is 10.4. The molecule has 10 nitrogen and oxygen atoms in total. The van der Waals surface area contributed by atoms with E-state index in [2.05, 4.69) is 0 Å². The van der Waals surface area contributed by atoms with Crippen molar-refractivity contribution in [2.45, 2.75) is 81.5 Å². The zero-order valence-electron chi connectivity index (χ0n) is 14.8. The largest absolute Gasteiger partial charge is 0.394 e. The van der Waals surface area contributed by atoms with Crippen LogP contribution in [-0.4, -0.2) is 106 Å². The van der Waals surface area contributed by atoms with Crippen LogP contribution < -0.4 is 0 Å². The van der Waals surface area contributed by atoms with E-state index in [0.717, 1.165) is 19.3 Å². The molecular weight excluding hydrogens is 352 g/mol. The fourth-order valence-corrected chi connectivity index (χ4v) is 2.96. The van der Waals surface area contributed by atoms with Crippen LogP contribution in [0.25, 0.3) is 0 Å². The van der Waals surface area contributed by atoms with E-state index in [1.165, 1.54) is 0 Å². The van der Waals surface area contributed by atoms with Gasteiger partial charge in [0.25, 0.3) is 0 Å². The molecular formula is C16H30O10. The summed E-state index contributed by atoms with van der Waals surface area (Å²) in [5.41, 5.74) is 0. The summed E-state index contributed by atoms with van der Waals surface area (Å²) in [6.07, 6.45) is -9.25. The lowest BCUT2D eigenvalue weighted by molar-refractivity contribution is -0.348. The molecule has 0 unspecified atom stereocenters. The standard InChI is InChI=1S/C16H30O10/c1-2-3-4-5-23-15-13(22)11(20)14(9(6-17)25-15)26-16-12(21)10(19)8(18)7-24-16/h8-22H,2-7H2,1H3/t8-,9-,10+,11-,12-,13-,14-,15-,16-/m1/s1. The van der Waals surface area contributed by atoms with Gasteiger partial charge in [-0.1, -0.05) is 19.8 Å². The van der Waals surface area contributed by atoms with Crippen molar-refractivity contribution in [3.05, 3.63) is 0 Å². The molecule has 9 atom stereocenters. The van der Waals surface area contributed by atoms with E-state index in [0.29, 0.717) is 6.61 Å². The molecule has 2 saturated heterocycles. The predicted octanol–water partition coefficient (Wildman–Crippen LogP) is -2.54. The smallest absolute Gasteiger partial charge is 0.186 e. The summed E-state index contributed by atoms with van der Waals surface area (Å²) in [5.74, 6) is 0. The average molecular weight is 382 g/mol. The number of hydrogen-bond donors (Lipinski definition) is 6. The maximum atomic E-state index is 10.4. The first-order valence-electron chi connectivity index (χ1n) is 8.96. The summed E-state index contributed by atoms with van der Waals surface area (Å²) in [4.78, 5) is 0. The molecule has 0 aromatic carbocycles. The Hall–Kier alpha value is -0.400. The monoisotopic (exact) mass is 382 g/mol. The highest BCUT2D eigenvalue weighted by atomic mass is 16.7. The molecule has 2 fully saturated rings. The highest BCUT2D eigenvalue weighted by Crippen LogP contribution is 2.28. The van der Waals surface area contributed by atoms with Gasteiger partial charge in [-0.3, -0.25) is 0 Å². The van der Waals surface area contributed by atoms with Crippen LogP contribution in [0.5, 0.6) is 0 Å². The fraction of sp³-hybridized carbons (Fsp3) is 1.00. The first kappa shape index (κ1) is 21.9. The van der Waals surface area contributed by atoms with Crippen molar-refractivity contribution >= 4 is 0 Å². The number of ether oxygens (including phenoxy) is 4. The molecule has 0 aromatic heterocycles. The van der Waals surface area contributed by atoms with Gasteiger partial charge in [-0.15, -0.1) is 0 Å². The van der Waals surface area contributed by atoms with Crippen LogP contribution in [0.2, 0.25) is 0 Å². The zero-order valence-corrected chi connectivity index (χ0v) is 14.8. The maximum Gasteiger partial charge on any atom is 0.186 e. The molecule has 6 N–H and O–H groups in total. The molecule has 154 valence electrons. The van der Waals surface area contributed by atoms with Crippen molar-refractivity contribution in [1.82, 2.24) is 0 Å². The quantitative estimate of drug-likeness (QED) is 0.247. The minimum Gasteiger partial charge on any atom is -0.394 e. The first-order valence-corrected chi connectivity index (χ1v) is 8.96. The van der Waals surface area contributed by atoms with Crippen molar-refractivity contribution in [2.24, 2.45) is 0 Å². The zero-order chi connectivity index (χ0) is 19.3. The molecule has 0 spiro atoms. The average Bonchev–Trinajstić information content (AvgIpc) is 2.64. The number of unbranched alkanes of at least 4 members (excludes halogenated alkanes) is 2. The molecule has 0 radical (unpaired) electrons. The molecule has 0 bridgehead atoms. The first-order chi connectivity index (χ1) is 12.4. The Balaban J connectivity index is 1.96. The molecule has 2 aliphatic rings. The second-order valence-electron chi connectivity index (χ2n) is 6.64. The Morgan fingerprint density at radius 2 is 1.62 bits per heavy atom. The van der Waals surface area contributed by atoms with Crippen LogP contribution in [0.1, 0.15) is 26.2 Å². The van der Waals surface area contributed by atoms with Gasteiger partial charge in [-0.05, 0) is 6.42 Å². The lowest BCUT2D eigenvalue weighted by Crippen LogP contribution is -2.63. The summed E-state index contributed by atoms with van der Waals surface area (Å²) < 4.78 is 21.5. The molecule has 2 aliphatic heterocycles. The fourth-order valence-electron chi connectivity index (χ4n) is 2.96. The van der Waals surface area contributed by atoms with E-state index < -0.39 is 61.9 Å². The summed E-state index contributed by atoms with van der Waals surface area (Å²) in [7, 11) is 0. The second-order valence-corrected chi connectivity index (χ2v) is 6.64. The van der Waals surface area contributed by atoms with E-state index >= 15 is 0 Å². The lowest BCUT2D eigenvalue weighted by Gasteiger charge is -2.44. The van der Waals surface area contributed by atoms with Crippen LogP contribution in [-0.2, 0) is 18.9 Å². The molecule has 2 heterocycles. The second kappa shape index (κ2) is 10.2. The molecule has 0 saturated carbocycles. The molecule has 0 aliphatic carbocycles. The van der Waals surface area contributed by atoms with E-state index in [9.17, 15) is 30.6 Å². The van der Waals surface area contributed by atoms with Gasteiger partial charge in [-0.2, -0.15) is 0 Å². The Kier molecular flexibility index (Phi) is 8.61. The van der Waals surface area contributed by atoms with Gasteiger partial charge in [0.1, 0.15) is 42.7 Å². The minimum atomic E-state index is -1.56. The van der Waals surface area contributed by atoms with Gasteiger partial charge in [0, 0.05) is 6.61 Å². The molecule has 0 amide bonds. The summed E-state index contributed by atoms with van der Waals surface area (Å²) in [6.45, 7) is 1.57. The van der Waals surface area contributed by atoms with Gasteiger partial charge in [0.2, 0.25) is 0 Å². The third-order valence-electron chi connectivity index (χ3n) is 4.60. The van der Waals surface area contributed by atoms with E-state index in [4.69, 9.17) is 18.9 Å². The van der Waals surface area contributed by atoms with Crippen molar-refractivity contribution in [3.8, 4) is 0 Å². The number of aliphatic hydroxyl groups excluding tert-OH is 6. The van der Waals surface area contributed by atoms with Gasteiger partial charge >= 0.3 is 0 Å². The van der Waals surface area contributed by atoms with Gasteiger partial charge in [-0.25, -0.2) is 0 Å². The molecule has 0 aromatic rings. The van der Waals surface area contributed by atoms with Crippen LogP contribution >= 0.6 is 0 Å². The lowest BCUT2D eigenvalue weighted by atomic mass is 9.98. The topological polar surface area (TPSA) is 158 Å². The van der Waals surface area contributed by atoms with Gasteiger partial charge in [0.15, 0.2) is 12.6 Å². The Labute approximate surface area is 151 Å². The Morgan fingerprint density at radius 1 is 0.923 bits per heavy atom. The molecule has 26 heavy (non-hydrogen) atoms. The van der Waals surface area contributed by atoms with Gasteiger partial charge in [0.05, 0.1) is 13.2 Å². The summed E-state index contributed by atoms with van der Waals surface area (Å²) >= 11 is 0. The summed E-state index contributed by atoms with van der Waals surface area (Å²) in [5, 5.41) is 59.2. The Morgan fingerprint density at radius 3 is 2.27 bits per heavy atom. The normalized spacial score (nSPS) is 44.2. The number of aliphatic hydroxyl groups is 6. The third kappa shape index (κ3) is 5.10. The van der Waals surface area contributed by atoms with Crippen molar-refractivity contribution < 1.29 is 49.6 Å². The van der Waals surface area contributed by atoms with E-state index in [1.54, 1.807) is 0 Å². The highest BCUT2D eigenvalue weighted by Gasteiger charge is 2.49. The predicted molar refractivity (Wildman–Crippen MR) is 85.9 cm³/mol. The number of hydrogen-bond acceptors (Lipinski definition) is 10. The summed E-state index contributed by atoms with van der Waals surface area (Å²) in [6, 6.07) is 0. The third-order valence-corrected chi connectivity index (χ3v) is 4.60. The Bertz CT molecular complexity index is 408. The SMILES string of the molecule is CCCCCO[C@@H]1O[C@H](CO)[C@@H](O[C@H]2OC[C@@H](O)[C@H](O)[C@H]2O)[C@H](O)[C@H]1O. The number of rotatable bonds is 8. The van der Waals surface area contributed by atoms with Crippen molar-refractivity contribution in [2.75, 3.05) is 19.8 Å². The van der Waals surface area contributed by atoms with Gasteiger partial charge < -0.3 is 49.6 Å². The van der Waals surface area contributed by atoms with Crippen LogP contribution in [0.15, 0.2) is 0 Å². The van der Waals surface area contributed by atoms with E-state index in [1.807, 2.05) is 6.92 Å². The van der Waals surface area contributed by atoms with Crippen LogP contribution in [0.4, 0.5) is 0 Å². The highest BCUT2D eigenvalue weighted by molar-refractivity contribution is 4.92. The minimum absolute atomic E-state index is 0.276. The van der Waals surface area contributed by atoms with Crippen molar-refractivity contribution in [3.63, 3.8) is 0 Å². The van der Waals surface area contributed by atoms with Crippen molar-refractivity contribution in [1.29, 1.82) is 0 Å². The van der Waals surface area contributed by atoms with Crippen LogP contribution in [0, 0.1) is 0 Å². The molecule has 2 rings (SSSR count).